The summed E-state index contributed by atoms with van der Waals surface area (Å²) in [6.45, 7) is 3.61. The van der Waals surface area contributed by atoms with E-state index in [9.17, 15) is 14.9 Å². The van der Waals surface area contributed by atoms with Crippen LogP contribution in [0.5, 0.6) is 0 Å². The minimum absolute atomic E-state index is 0.0136. The first-order valence-corrected chi connectivity index (χ1v) is 5.78. The second-order valence-corrected chi connectivity index (χ2v) is 4.75. The van der Waals surface area contributed by atoms with Gasteiger partial charge in [0.15, 0.2) is 0 Å². The van der Waals surface area contributed by atoms with Gasteiger partial charge in [-0.3, -0.25) is 14.9 Å². The third-order valence-electron chi connectivity index (χ3n) is 3.12. The van der Waals surface area contributed by atoms with Crippen LogP contribution < -0.4 is 10.6 Å². The first-order valence-electron chi connectivity index (χ1n) is 5.78. The molecule has 6 nitrogen and oxygen atoms in total. The lowest BCUT2D eigenvalue weighted by molar-refractivity contribution is -0.384. The van der Waals surface area contributed by atoms with Crippen LogP contribution >= 0.6 is 0 Å². The average molecular weight is 249 g/mol. The zero-order chi connectivity index (χ0) is 13.2. The van der Waals surface area contributed by atoms with Crippen molar-refractivity contribution in [2.45, 2.75) is 18.9 Å². The van der Waals surface area contributed by atoms with E-state index in [4.69, 9.17) is 0 Å². The third kappa shape index (κ3) is 2.65. The van der Waals surface area contributed by atoms with Crippen molar-refractivity contribution in [1.82, 2.24) is 10.6 Å². The standard InChI is InChI=1S/C12H15N3O3/c1-12(6-7-13-8-12)14-11(16)9-2-4-10(5-3-9)15(17)18/h2-5,13H,6-8H2,1H3,(H,14,16). The fraction of sp³-hybridized carbons (Fsp3) is 0.417. The lowest BCUT2D eigenvalue weighted by Crippen LogP contribution is -2.47. The monoisotopic (exact) mass is 249 g/mol. The van der Waals surface area contributed by atoms with Gasteiger partial charge in [0.2, 0.25) is 0 Å². The van der Waals surface area contributed by atoms with Crippen molar-refractivity contribution in [2.75, 3.05) is 13.1 Å². The number of rotatable bonds is 3. The van der Waals surface area contributed by atoms with E-state index in [0.717, 1.165) is 19.5 Å². The molecule has 0 aliphatic carbocycles. The van der Waals surface area contributed by atoms with Gasteiger partial charge in [-0.05, 0) is 32.0 Å². The molecule has 6 heteroatoms. The van der Waals surface area contributed by atoms with E-state index in [2.05, 4.69) is 10.6 Å². The average Bonchev–Trinajstić information content (AvgIpc) is 2.76. The van der Waals surface area contributed by atoms with Gasteiger partial charge >= 0.3 is 0 Å². The molecule has 2 N–H and O–H groups in total. The van der Waals surface area contributed by atoms with E-state index in [-0.39, 0.29) is 17.1 Å². The molecule has 0 saturated carbocycles. The number of amides is 1. The lowest BCUT2D eigenvalue weighted by atomic mass is 10.0. The number of carbonyl (C=O) groups is 1. The maximum Gasteiger partial charge on any atom is 0.269 e. The Labute approximate surface area is 105 Å². The SMILES string of the molecule is CC1(NC(=O)c2ccc([N+](=O)[O-])cc2)CCNC1. The highest BCUT2D eigenvalue weighted by molar-refractivity contribution is 5.94. The van der Waals surface area contributed by atoms with Crippen LogP contribution in [0.15, 0.2) is 24.3 Å². The van der Waals surface area contributed by atoms with Gasteiger partial charge in [0, 0.05) is 24.2 Å². The Bertz CT molecular complexity index is 464. The van der Waals surface area contributed by atoms with E-state index >= 15 is 0 Å². The Morgan fingerprint density at radius 3 is 2.61 bits per heavy atom. The fourth-order valence-corrected chi connectivity index (χ4v) is 2.00. The topological polar surface area (TPSA) is 84.3 Å². The Kier molecular flexibility index (Phi) is 3.29. The second kappa shape index (κ2) is 4.73. The van der Waals surface area contributed by atoms with Gasteiger partial charge < -0.3 is 10.6 Å². The molecule has 0 spiro atoms. The molecule has 1 aromatic rings. The van der Waals surface area contributed by atoms with Crippen LogP contribution in [0.1, 0.15) is 23.7 Å². The largest absolute Gasteiger partial charge is 0.346 e. The Morgan fingerprint density at radius 2 is 2.11 bits per heavy atom. The number of nitrogens with zero attached hydrogens (tertiary/aromatic N) is 1. The first kappa shape index (κ1) is 12.5. The van der Waals surface area contributed by atoms with Gasteiger partial charge in [-0.15, -0.1) is 0 Å². The summed E-state index contributed by atoms with van der Waals surface area (Å²) in [6, 6.07) is 5.62. The maximum absolute atomic E-state index is 12.0. The summed E-state index contributed by atoms with van der Waals surface area (Å²) in [5.74, 6) is -0.198. The molecule has 1 aliphatic heterocycles. The molecule has 1 unspecified atom stereocenters. The molecule has 0 bridgehead atoms. The Balaban J connectivity index is 2.07. The summed E-state index contributed by atoms with van der Waals surface area (Å²) in [5, 5.41) is 16.6. The highest BCUT2D eigenvalue weighted by atomic mass is 16.6. The van der Waals surface area contributed by atoms with Crippen LogP contribution in [0.4, 0.5) is 5.69 Å². The van der Waals surface area contributed by atoms with Crippen molar-refractivity contribution in [2.24, 2.45) is 0 Å². The molecule has 1 amide bonds. The zero-order valence-electron chi connectivity index (χ0n) is 10.1. The molecule has 1 heterocycles. The molecule has 1 saturated heterocycles. The highest BCUT2D eigenvalue weighted by Crippen LogP contribution is 2.16. The van der Waals surface area contributed by atoms with E-state index in [1.807, 2.05) is 6.92 Å². The number of hydrogen-bond donors (Lipinski definition) is 2. The minimum Gasteiger partial charge on any atom is -0.346 e. The van der Waals surface area contributed by atoms with Crippen molar-refractivity contribution in [3.8, 4) is 0 Å². The summed E-state index contributed by atoms with van der Waals surface area (Å²) < 4.78 is 0. The number of hydrogen-bond acceptors (Lipinski definition) is 4. The maximum atomic E-state index is 12.0. The van der Waals surface area contributed by atoms with Gasteiger partial charge in [0.1, 0.15) is 0 Å². The van der Waals surface area contributed by atoms with Gasteiger partial charge in [0.25, 0.3) is 11.6 Å². The van der Waals surface area contributed by atoms with Crippen LogP contribution in [0.2, 0.25) is 0 Å². The number of non-ortho nitro benzene ring substituents is 1. The number of carbonyl (C=O) groups excluding carboxylic acids is 1. The molecule has 96 valence electrons. The Morgan fingerprint density at radius 1 is 1.44 bits per heavy atom. The molecule has 18 heavy (non-hydrogen) atoms. The Hall–Kier alpha value is -1.95. The highest BCUT2D eigenvalue weighted by Gasteiger charge is 2.30. The van der Waals surface area contributed by atoms with Gasteiger partial charge in [-0.25, -0.2) is 0 Å². The van der Waals surface area contributed by atoms with Crippen molar-refractivity contribution < 1.29 is 9.72 Å². The molecule has 0 radical (unpaired) electrons. The molecule has 1 atom stereocenters. The normalized spacial score (nSPS) is 22.7. The summed E-state index contributed by atoms with van der Waals surface area (Å²) in [5.41, 5.74) is 0.188. The van der Waals surface area contributed by atoms with Crippen molar-refractivity contribution in [3.63, 3.8) is 0 Å². The summed E-state index contributed by atoms with van der Waals surface area (Å²) >= 11 is 0. The van der Waals surface area contributed by atoms with Crippen molar-refractivity contribution in [3.05, 3.63) is 39.9 Å². The molecule has 1 fully saturated rings. The zero-order valence-corrected chi connectivity index (χ0v) is 10.1. The first-order chi connectivity index (χ1) is 8.50. The van der Waals surface area contributed by atoms with Crippen molar-refractivity contribution >= 4 is 11.6 Å². The fourth-order valence-electron chi connectivity index (χ4n) is 2.00. The number of nitro groups is 1. The predicted molar refractivity (Wildman–Crippen MR) is 66.5 cm³/mol. The molecule has 1 aromatic carbocycles. The second-order valence-electron chi connectivity index (χ2n) is 4.75. The summed E-state index contributed by atoms with van der Waals surface area (Å²) in [7, 11) is 0. The van der Waals surface area contributed by atoms with Crippen LogP contribution in [0.25, 0.3) is 0 Å². The van der Waals surface area contributed by atoms with Crippen LogP contribution in [0.3, 0.4) is 0 Å². The molecule has 0 aromatic heterocycles. The van der Waals surface area contributed by atoms with E-state index in [1.165, 1.54) is 24.3 Å². The summed E-state index contributed by atoms with van der Waals surface area (Å²) in [4.78, 5) is 22.0. The van der Waals surface area contributed by atoms with Gasteiger partial charge in [-0.1, -0.05) is 0 Å². The lowest BCUT2D eigenvalue weighted by Gasteiger charge is -2.24. The number of nitrogens with one attached hydrogen (secondary N) is 2. The molecule has 2 rings (SSSR count). The van der Waals surface area contributed by atoms with Crippen LogP contribution in [0, 0.1) is 10.1 Å². The molecular formula is C12H15N3O3. The van der Waals surface area contributed by atoms with Gasteiger partial charge in [-0.2, -0.15) is 0 Å². The molecular weight excluding hydrogens is 234 g/mol. The van der Waals surface area contributed by atoms with Crippen molar-refractivity contribution in [1.29, 1.82) is 0 Å². The smallest absolute Gasteiger partial charge is 0.269 e. The van der Waals surface area contributed by atoms with E-state index in [1.54, 1.807) is 0 Å². The third-order valence-corrected chi connectivity index (χ3v) is 3.12. The van der Waals surface area contributed by atoms with Gasteiger partial charge in [0.05, 0.1) is 10.5 Å². The van der Waals surface area contributed by atoms with E-state index < -0.39 is 4.92 Å². The number of benzene rings is 1. The number of nitro benzene ring substituents is 1. The molecule has 1 aliphatic rings. The predicted octanol–water partition coefficient (Wildman–Crippen LogP) is 1.08. The minimum atomic E-state index is -0.482. The van der Waals surface area contributed by atoms with Crippen LogP contribution in [-0.4, -0.2) is 29.5 Å². The summed E-state index contributed by atoms with van der Waals surface area (Å²) in [6.07, 6.45) is 0.881. The van der Waals surface area contributed by atoms with Crippen LogP contribution in [-0.2, 0) is 0 Å². The quantitative estimate of drug-likeness (QED) is 0.620. The van der Waals surface area contributed by atoms with E-state index in [0.29, 0.717) is 5.56 Å².